The van der Waals surface area contributed by atoms with E-state index in [0.717, 1.165) is 6.20 Å². The van der Waals surface area contributed by atoms with E-state index >= 15 is 0 Å². The van der Waals surface area contributed by atoms with Gasteiger partial charge >= 0.3 is 6.18 Å². The molecule has 0 aliphatic heterocycles. The van der Waals surface area contributed by atoms with Crippen molar-refractivity contribution in [1.82, 2.24) is 15.0 Å². The van der Waals surface area contributed by atoms with Gasteiger partial charge in [-0.1, -0.05) is 6.07 Å². The van der Waals surface area contributed by atoms with Crippen molar-refractivity contribution in [1.29, 1.82) is 0 Å². The van der Waals surface area contributed by atoms with E-state index in [1.165, 1.54) is 12.1 Å². The van der Waals surface area contributed by atoms with E-state index in [-0.39, 0.29) is 18.8 Å². The number of aromatic nitrogens is 3. The zero-order valence-corrected chi connectivity index (χ0v) is 9.24. The van der Waals surface area contributed by atoms with Crippen molar-refractivity contribution in [3.05, 3.63) is 47.8 Å². The number of halogens is 3. The Morgan fingerprint density at radius 3 is 2.67 bits per heavy atom. The number of pyridine rings is 1. The summed E-state index contributed by atoms with van der Waals surface area (Å²) in [6.45, 7) is -0.0391. The summed E-state index contributed by atoms with van der Waals surface area (Å²) < 4.78 is 43.0. The number of H-pyrrole nitrogens is 1. The largest absolute Gasteiger partial charge is 0.433 e. The van der Waals surface area contributed by atoms with Crippen LogP contribution in [0.1, 0.15) is 17.1 Å². The number of ether oxygens (including phenoxy) is 1. The molecule has 18 heavy (non-hydrogen) atoms. The first-order valence-electron chi connectivity index (χ1n) is 5.14. The first kappa shape index (κ1) is 12.6. The van der Waals surface area contributed by atoms with Crippen molar-refractivity contribution in [2.24, 2.45) is 0 Å². The number of hydrogen-bond donors (Lipinski definition) is 1. The molecule has 0 atom stereocenters. The molecule has 4 nitrogen and oxygen atoms in total. The number of hydrogen-bond acceptors (Lipinski definition) is 3. The first-order valence-corrected chi connectivity index (χ1v) is 5.14. The van der Waals surface area contributed by atoms with Gasteiger partial charge in [0.05, 0.1) is 6.61 Å². The zero-order chi connectivity index (χ0) is 13.0. The molecule has 0 aliphatic carbocycles. The third kappa shape index (κ3) is 3.07. The lowest BCUT2D eigenvalue weighted by molar-refractivity contribution is -0.142. The highest BCUT2D eigenvalue weighted by atomic mass is 19.4. The SMILES string of the molecule is FC(F)(F)c1ncccc1COCc1ncc[nH]1. The molecule has 1 N–H and O–H groups in total. The third-order valence-corrected chi connectivity index (χ3v) is 2.21. The molecule has 0 saturated heterocycles. The molecule has 2 heterocycles. The molecular formula is C11H10F3N3O. The Balaban J connectivity index is 2.01. The van der Waals surface area contributed by atoms with E-state index in [4.69, 9.17) is 4.74 Å². The quantitative estimate of drug-likeness (QED) is 0.915. The Hall–Kier alpha value is -1.89. The third-order valence-electron chi connectivity index (χ3n) is 2.21. The highest BCUT2D eigenvalue weighted by Crippen LogP contribution is 2.30. The summed E-state index contributed by atoms with van der Waals surface area (Å²) in [6, 6.07) is 2.79. The molecular weight excluding hydrogens is 247 g/mol. The van der Waals surface area contributed by atoms with Crippen LogP contribution in [0.25, 0.3) is 0 Å². The molecule has 0 unspecified atom stereocenters. The van der Waals surface area contributed by atoms with E-state index in [1.54, 1.807) is 12.4 Å². The molecule has 0 spiro atoms. The predicted molar refractivity (Wildman–Crippen MR) is 56.3 cm³/mol. The maximum absolute atomic E-state index is 12.6. The van der Waals surface area contributed by atoms with Crippen molar-refractivity contribution in [3.8, 4) is 0 Å². The molecule has 0 aliphatic rings. The predicted octanol–water partition coefficient (Wildman–Crippen LogP) is 2.54. The van der Waals surface area contributed by atoms with Crippen LogP contribution in [0.4, 0.5) is 13.2 Å². The van der Waals surface area contributed by atoms with Gasteiger partial charge in [-0.05, 0) is 6.07 Å². The van der Waals surface area contributed by atoms with Crippen LogP contribution in [-0.4, -0.2) is 15.0 Å². The van der Waals surface area contributed by atoms with Gasteiger partial charge in [-0.25, -0.2) is 4.98 Å². The first-order chi connectivity index (χ1) is 8.57. The van der Waals surface area contributed by atoms with Gasteiger partial charge in [0.1, 0.15) is 18.1 Å². The fraction of sp³-hybridized carbons (Fsp3) is 0.273. The number of aromatic amines is 1. The number of nitrogens with one attached hydrogen (secondary N) is 1. The number of nitrogens with zero attached hydrogens (tertiary/aromatic N) is 2. The summed E-state index contributed by atoms with van der Waals surface area (Å²) in [5.41, 5.74) is -0.902. The molecule has 0 saturated carbocycles. The standard InChI is InChI=1S/C11H10F3N3O/c12-11(13,14)10-8(2-1-3-17-10)6-18-7-9-15-4-5-16-9/h1-5H,6-7H2,(H,15,16). The van der Waals surface area contributed by atoms with E-state index in [0.29, 0.717) is 5.82 Å². The van der Waals surface area contributed by atoms with Crippen LogP contribution < -0.4 is 0 Å². The normalized spacial score (nSPS) is 11.7. The molecule has 2 aromatic rings. The van der Waals surface area contributed by atoms with E-state index in [1.807, 2.05) is 0 Å². The van der Waals surface area contributed by atoms with Gasteiger partial charge in [0, 0.05) is 24.2 Å². The highest BCUT2D eigenvalue weighted by molar-refractivity contribution is 5.21. The zero-order valence-electron chi connectivity index (χ0n) is 9.24. The maximum Gasteiger partial charge on any atom is 0.433 e. The van der Waals surface area contributed by atoms with Crippen LogP contribution in [0, 0.1) is 0 Å². The van der Waals surface area contributed by atoms with Crippen molar-refractivity contribution in [3.63, 3.8) is 0 Å². The van der Waals surface area contributed by atoms with Gasteiger partial charge in [0.15, 0.2) is 0 Å². The monoisotopic (exact) mass is 257 g/mol. The van der Waals surface area contributed by atoms with E-state index < -0.39 is 11.9 Å². The van der Waals surface area contributed by atoms with Gasteiger partial charge in [-0.3, -0.25) is 4.98 Å². The minimum atomic E-state index is -4.47. The van der Waals surface area contributed by atoms with Crippen LogP contribution in [0.15, 0.2) is 30.7 Å². The summed E-state index contributed by atoms with van der Waals surface area (Å²) in [6.07, 6.45) is -0.197. The van der Waals surface area contributed by atoms with Crippen LogP contribution >= 0.6 is 0 Å². The molecule has 0 radical (unpaired) electrons. The van der Waals surface area contributed by atoms with Crippen molar-refractivity contribution in [2.45, 2.75) is 19.4 Å². The summed E-state index contributed by atoms with van der Waals surface area (Å²) >= 11 is 0. The smallest absolute Gasteiger partial charge is 0.369 e. The fourth-order valence-corrected chi connectivity index (χ4v) is 1.44. The molecule has 0 aromatic carbocycles. The average molecular weight is 257 g/mol. The second kappa shape index (κ2) is 5.18. The van der Waals surface area contributed by atoms with Crippen LogP contribution in [-0.2, 0) is 24.1 Å². The van der Waals surface area contributed by atoms with Crippen LogP contribution in [0.5, 0.6) is 0 Å². The van der Waals surface area contributed by atoms with Gasteiger partial charge < -0.3 is 9.72 Å². The maximum atomic E-state index is 12.6. The molecule has 0 amide bonds. The number of alkyl halides is 3. The molecule has 2 aromatic heterocycles. The topological polar surface area (TPSA) is 50.8 Å². The van der Waals surface area contributed by atoms with Crippen molar-refractivity contribution < 1.29 is 17.9 Å². The van der Waals surface area contributed by atoms with E-state index in [9.17, 15) is 13.2 Å². The Labute approximate surface area is 101 Å². The lowest BCUT2D eigenvalue weighted by atomic mass is 10.2. The summed E-state index contributed by atoms with van der Waals surface area (Å²) in [4.78, 5) is 10.0. The summed E-state index contributed by atoms with van der Waals surface area (Å²) in [7, 11) is 0. The molecule has 0 bridgehead atoms. The lowest BCUT2D eigenvalue weighted by Gasteiger charge is -2.11. The minimum absolute atomic E-state index is 0.0107. The lowest BCUT2D eigenvalue weighted by Crippen LogP contribution is -2.12. The van der Waals surface area contributed by atoms with Gasteiger partial charge in [-0.2, -0.15) is 13.2 Å². The molecule has 7 heteroatoms. The Kier molecular flexibility index (Phi) is 3.61. The Bertz CT molecular complexity index is 496. The number of rotatable bonds is 4. The summed E-state index contributed by atoms with van der Waals surface area (Å²) in [5, 5.41) is 0. The van der Waals surface area contributed by atoms with Gasteiger partial charge in [0.2, 0.25) is 0 Å². The fourth-order valence-electron chi connectivity index (χ4n) is 1.44. The summed E-state index contributed by atoms with van der Waals surface area (Å²) in [5.74, 6) is 0.562. The van der Waals surface area contributed by atoms with Gasteiger partial charge in [-0.15, -0.1) is 0 Å². The molecule has 0 fully saturated rings. The van der Waals surface area contributed by atoms with Crippen molar-refractivity contribution in [2.75, 3.05) is 0 Å². The van der Waals surface area contributed by atoms with Crippen molar-refractivity contribution >= 4 is 0 Å². The minimum Gasteiger partial charge on any atom is -0.369 e. The van der Waals surface area contributed by atoms with E-state index in [2.05, 4.69) is 15.0 Å². The average Bonchev–Trinajstić information content (AvgIpc) is 2.81. The Morgan fingerprint density at radius 1 is 1.17 bits per heavy atom. The molecule has 96 valence electrons. The number of imidazole rings is 1. The highest BCUT2D eigenvalue weighted by Gasteiger charge is 2.34. The Morgan fingerprint density at radius 2 is 2.00 bits per heavy atom. The molecule has 2 rings (SSSR count). The van der Waals surface area contributed by atoms with Crippen LogP contribution in [0.2, 0.25) is 0 Å². The van der Waals surface area contributed by atoms with Crippen LogP contribution in [0.3, 0.4) is 0 Å². The second-order valence-corrected chi connectivity index (χ2v) is 3.54. The second-order valence-electron chi connectivity index (χ2n) is 3.54. The van der Waals surface area contributed by atoms with Gasteiger partial charge in [0.25, 0.3) is 0 Å².